The van der Waals surface area contributed by atoms with Crippen molar-refractivity contribution in [2.24, 2.45) is 0 Å². The molecule has 0 saturated carbocycles. The SMILES string of the molecule is O=C(/C=C/c1cc2ccccc2o1)Nc1ccc(-n2cncn2)nc1. The van der Waals surface area contributed by atoms with Gasteiger partial charge in [-0.1, -0.05) is 18.2 Å². The highest BCUT2D eigenvalue weighted by Crippen LogP contribution is 2.19. The van der Waals surface area contributed by atoms with Crippen molar-refractivity contribution in [3.63, 3.8) is 0 Å². The maximum Gasteiger partial charge on any atom is 0.248 e. The second-order valence-electron chi connectivity index (χ2n) is 5.25. The van der Waals surface area contributed by atoms with E-state index in [9.17, 15) is 4.79 Å². The molecule has 25 heavy (non-hydrogen) atoms. The van der Waals surface area contributed by atoms with Crippen LogP contribution in [0.2, 0.25) is 0 Å². The predicted molar refractivity (Wildman–Crippen MR) is 93.0 cm³/mol. The van der Waals surface area contributed by atoms with Crippen LogP contribution in [0.5, 0.6) is 0 Å². The van der Waals surface area contributed by atoms with E-state index in [2.05, 4.69) is 20.4 Å². The van der Waals surface area contributed by atoms with Gasteiger partial charge in [-0.3, -0.25) is 4.79 Å². The molecule has 0 atom stereocenters. The zero-order chi connectivity index (χ0) is 17.1. The van der Waals surface area contributed by atoms with Crippen molar-refractivity contribution in [1.82, 2.24) is 19.7 Å². The zero-order valence-electron chi connectivity index (χ0n) is 13.0. The summed E-state index contributed by atoms with van der Waals surface area (Å²) in [5.74, 6) is 0.972. The summed E-state index contributed by atoms with van der Waals surface area (Å²) in [6.45, 7) is 0. The minimum Gasteiger partial charge on any atom is -0.457 e. The van der Waals surface area contributed by atoms with Gasteiger partial charge in [-0.2, -0.15) is 5.10 Å². The molecular formula is C18H13N5O2. The number of carbonyl (C=O) groups excluding carboxylic acids is 1. The van der Waals surface area contributed by atoms with Crippen LogP contribution in [0.3, 0.4) is 0 Å². The maximum absolute atomic E-state index is 12.0. The normalized spacial score (nSPS) is 11.2. The predicted octanol–water partition coefficient (Wildman–Crippen LogP) is 3.06. The van der Waals surface area contributed by atoms with Crippen LogP contribution in [0, 0.1) is 0 Å². The summed E-state index contributed by atoms with van der Waals surface area (Å²) in [5, 5.41) is 7.73. The number of furan rings is 1. The highest BCUT2D eigenvalue weighted by Gasteiger charge is 2.03. The molecule has 122 valence electrons. The van der Waals surface area contributed by atoms with Gasteiger partial charge >= 0.3 is 0 Å². The van der Waals surface area contributed by atoms with Crippen molar-refractivity contribution in [3.05, 3.63) is 73.2 Å². The Morgan fingerprint density at radius 3 is 2.88 bits per heavy atom. The zero-order valence-corrected chi connectivity index (χ0v) is 13.0. The standard InChI is InChI=1S/C18H13N5O2/c24-18(8-6-15-9-13-3-1-2-4-16(13)25-15)22-14-5-7-17(20-10-14)23-12-19-11-21-23/h1-12H,(H,22,24)/b8-6+. The van der Waals surface area contributed by atoms with E-state index in [1.165, 1.54) is 17.1 Å². The first-order valence-corrected chi connectivity index (χ1v) is 7.57. The van der Waals surface area contributed by atoms with Gasteiger partial charge in [0.05, 0.1) is 11.9 Å². The number of fused-ring (bicyclic) bond motifs is 1. The number of aromatic nitrogens is 4. The van der Waals surface area contributed by atoms with Gasteiger partial charge in [0.15, 0.2) is 5.82 Å². The Labute approximate surface area is 142 Å². The summed E-state index contributed by atoms with van der Waals surface area (Å²) in [6, 6.07) is 13.1. The van der Waals surface area contributed by atoms with Gasteiger partial charge in [0.2, 0.25) is 5.91 Å². The average molecular weight is 331 g/mol. The number of nitrogens with one attached hydrogen (secondary N) is 1. The molecule has 1 aromatic carbocycles. The largest absolute Gasteiger partial charge is 0.457 e. The molecule has 0 spiro atoms. The second kappa shape index (κ2) is 6.40. The van der Waals surface area contributed by atoms with Crippen LogP contribution in [0.1, 0.15) is 5.76 Å². The van der Waals surface area contributed by atoms with E-state index in [1.54, 1.807) is 30.7 Å². The van der Waals surface area contributed by atoms with Crippen molar-refractivity contribution in [3.8, 4) is 5.82 Å². The van der Waals surface area contributed by atoms with Gasteiger partial charge in [0.25, 0.3) is 0 Å². The monoisotopic (exact) mass is 331 g/mol. The lowest BCUT2D eigenvalue weighted by Gasteiger charge is -2.03. The molecule has 0 aliphatic carbocycles. The summed E-state index contributed by atoms with van der Waals surface area (Å²) < 4.78 is 7.17. The fraction of sp³-hybridized carbons (Fsp3) is 0. The van der Waals surface area contributed by atoms with Gasteiger partial charge < -0.3 is 9.73 Å². The number of hydrogen-bond donors (Lipinski definition) is 1. The Balaban J connectivity index is 1.43. The summed E-state index contributed by atoms with van der Waals surface area (Å²) in [7, 11) is 0. The van der Waals surface area contributed by atoms with Gasteiger partial charge in [-0.25, -0.2) is 14.6 Å². The number of anilines is 1. The van der Waals surface area contributed by atoms with Crippen LogP contribution in [-0.2, 0) is 4.79 Å². The van der Waals surface area contributed by atoms with Crippen LogP contribution >= 0.6 is 0 Å². The van der Waals surface area contributed by atoms with Crippen LogP contribution in [0.15, 0.2) is 71.8 Å². The number of hydrogen-bond acceptors (Lipinski definition) is 5. The summed E-state index contributed by atoms with van der Waals surface area (Å²) >= 11 is 0. The lowest BCUT2D eigenvalue weighted by Crippen LogP contribution is -2.08. The number of pyridine rings is 1. The van der Waals surface area contributed by atoms with Crippen molar-refractivity contribution in [1.29, 1.82) is 0 Å². The van der Waals surface area contributed by atoms with E-state index in [1.807, 2.05) is 30.3 Å². The lowest BCUT2D eigenvalue weighted by atomic mass is 10.2. The van der Waals surface area contributed by atoms with Crippen molar-refractivity contribution < 1.29 is 9.21 Å². The third kappa shape index (κ3) is 3.30. The molecule has 7 nitrogen and oxygen atoms in total. The number of carbonyl (C=O) groups is 1. The second-order valence-corrected chi connectivity index (χ2v) is 5.25. The first kappa shape index (κ1) is 14.8. The summed E-state index contributed by atoms with van der Waals surface area (Å²) in [4.78, 5) is 20.1. The Morgan fingerprint density at radius 1 is 1.20 bits per heavy atom. The Morgan fingerprint density at radius 2 is 2.12 bits per heavy atom. The van der Waals surface area contributed by atoms with Crippen molar-refractivity contribution in [2.45, 2.75) is 0 Å². The van der Waals surface area contributed by atoms with Crippen LogP contribution in [0.25, 0.3) is 22.9 Å². The molecule has 0 saturated heterocycles. The molecule has 4 aromatic rings. The number of rotatable bonds is 4. The molecule has 1 amide bonds. The lowest BCUT2D eigenvalue weighted by molar-refractivity contribution is -0.111. The molecular weight excluding hydrogens is 318 g/mol. The Hall–Kier alpha value is -3.74. The smallest absolute Gasteiger partial charge is 0.248 e. The van der Waals surface area contributed by atoms with Gasteiger partial charge in [0.1, 0.15) is 24.0 Å². The topological polar surface area (TPSA) is 85.8 Å². The quantitative estimate of drug-likeness (QED) is 0.581. The van der Waals surface area contributed by atoms with Gasteiger partial charge in [-0.05, 0) is 30.3 Å². The third-order valence-electron chi connectivity index (χ3n) is 3.51. The molecule has 1 N–H and O–H groups in total. The molecule has 7 heteroatoms. The van der Waals surface area contributed by atoms with E-state index in [4.69, 9.17) is 4.42 Å². The van der Waals surface area contributed by atoms with E-state index in [0.717, 1.165) is 11.0 Å². The highest BCUT2D eigenvalue weighted by molar-refractivity contribution is 6.01. The van der Waals surface area contributed by atoms with Crippen molar-refractivity contribution >= 4 is 28.6 Å². The molecule has 0 unspecified atom stereocenters. The number of benzene rings is 1. The summed E-state index contributed by atoms with van der Waals surface area (Å²) in [6.07, 6.45) is 7.59. The van der Waals surface area contributed by atoms with Crippen molar-refractivity contribution in [2.75, 3.05) is 5.32 Å². The van der Waals surface area contributed by atoms with Crippen LogP contribution in [0.4, 0.5) is 5.69 Å². The fourth-order valence-corrected chi connectivity index (χ4v) is 2.35. The molecule has 0 radical (unpaired) electrons. The first-order valence-electron chi connectivity index (χ1n) is 7.57. The molecule has 0 aliphatic heterocycles. The highest BCUT2D eigenvalue weighted by atomic mass is 16.3. The number of amides is 1. The Bertz CT molecular complexity index is 1000. The van der Waals surface area contributed by atoms with E-state index >= 15 is 0 Å². The molecule has 3 aromatic heterocycles. The maximum atomic E-state index is 12.0. The number of nitrogens with zero attached hydrogens (tertiary/aromatic N) is 4. The molecule has 4 rings (SSSR count). The number of para-hydroxylation sites is 1. The molecule has 3 heterocycles. The van der Waals surface area contributed by atoms with Crippen LogP contribution in [-0.4, -0.2) is 25.7 Å². The van der Waals surface area contributed by atoms with E-state index in [0.29, 0.717) is 17.3 Å². The van der Waals surface area contributed by atoms with Gasteiger partial charge in [-0.15, -0.1) is 0 Å². The Kier molecular flexibility index (Phi) is 3.80. The molecule has 0 aliphatic rings. The first-order chi connectivity index (χ1) is 12.3. The third-order valence-corrected chi connectivity index (χ3v) is 3.51. The minimum atomic E-state index is -0.268. The van der Waals surface area contributed by atoms with E-state index in [-0.39, 0.29) is 5.91 Å². The van der Waals surface area contributed by atoms with Gasteiger partial charge in [0, 0.05) is 11.5 Å². The molecule has 0 fully saturated rings. The minimum absolute atomic E-state index is 0.268. The van der Waals surface area contributed by atoms with Crippen LogP contribution < -0.4 is 5.32 Å². The average Bonchev–Trinajstić information content (AvgIpc) is 3.30. The summed E-state index contributed by atoms with van der Waals surface area (Å²) in [5.41, 5.74) is 1.37. The van der Waals surface area contributed by atoms with E-state index < -0.39 is 0 Å². The fourth-order valence-electron chi connectivity index (χ4n) is 2.35. The molecule has 0 bridgehead atoms.